The molecule has 0 aliphatic carbocycles. The molecule has 1 heterocycles. The summed E-state index contributed by atoms with van der Waals surface area (Å²) in [4.78, 5) is 0. The van der Waals surface area contributed by atoms with Crippen molar-refractivity contribution in [2.75, 3.05) is 6.61 Å². The SMILES string of the molecule is CCCn1nccc1CNC(CC)CCO. The zero-order valence-corrected chi connectivity index (χ0v) is 10.3. The predicted octanol–water partition coefficient (Wildman–Crippen LogP) is 1.54. The van der Waals surface area contributed by atoms with Crippen molar-refractivity contribution in [1.29, 1.82) is 0 Å². The molecule has 0 amide bonds. The quantitative estimate of drug-likeness (QED) is 0.705. The zero-order valence-electron chi connectivity index (χ0n) is 10.3. The molecule has 1 unspecified atom stereocenters. The van der Waals surface area contributed by atoms with Gasteiger partial charge in [-0.15, -0.1) is 0 Å². The average Bonchev–Trinajstić information content (AvgIpc) is 2.72. The predicted molar refractivity (Wildman–Crippen MR) is 65.1 cm³/mol. The van der Waals surface area contributed by atoms with Gasteiger partial charge in [-0.3, -0.25) is 4.68 Å². The minimum Gasteiger partial charge on any atom is -0.396 e. The summed E-state index contributed by atoms with van der Waals surface area (Å²) in [5.74, 6) is 0. The fraction of sp³-hybridized carbons (Fsp3) is 0.750. The third kappa shape index (κ3) is 3.94. The van der Waals surface area contributed by atoms with Crippen molar-refractivity contribution >= 4 is 0 Å². The molecule has 4 heteroatoms. The summed E-state index contributed by atoms with van der Waals surface area (Å²) in [6, 6.07) is 2.45. The summed E-state index contributed by atoms with van der Waals surface area (Å²) in [7, 11) is 0. The molecule has 1 aromatic heterocycles. The van der Waals surface area contributed by atoms with Crippen LogP contribution in [-0.2, 0) is 13.1 Å². The fourth-order valence-corrected chi connectivity index (χ4v) is 1.78. The second-order valence-corrected chi connectivity index (χ2v) is 4.04. The molecule has 0 saturated carbocycles. The van der Waals surface area contributed by atoms with Gasteiger partial charge in [0.25, 0.3) is 0 Å². The number of nitrogens with zero attached hydrogens (tertiary/aromatic N) is 2. The fourth-order valence-electron chi connectivity index (χ4n) is 1.78. The van der Waals surface area contributed by atoms with Gasteiger partial charge in [0.15, 0.2) is 0 Å². The topological polar surface area (TPSA) is 50.1 Å². The monoisotopic (exact) mass is 225 g/mol. The molecule has 2 N–H and O–H groups in total. The van der Waals surface area contributed by atoms with Gasteiger partial charge < -0.3 is 10.4 Å². The molecule has 0 aliphatic heterocycles. The van der Waals surface area contributed by atoms with Crippen molar-refractivity contribution in [3.05, 3.63) is 18.0 Å². The second-order valence-electron chi connectivity index (χ2n) is 4.04. The van der Waals surface area contributed by atoms with Crippen molar-refractivity contribution in [1.82, 2.24) is 15.1 Å². The Balaban J connectivity index is 2.43. The van der Waals surface area contributed by atoms with Crippen LogP contribution in [0.2, 0.25) is 0 Å². The summed E-state index contributed by atoms with van der Waals surface area (Å²) in [6.45, 7) is 6.34. The van der Waals surface area contributed by atoms with Crippen molar-refractivity contribution in [3.8, 4) is 0 Å². The van der Waals surface area contributed by atoms with Crippen LogP contribution in [0.3, 0.4) is 0 Å². The molecule has 0 aromatic carbocycles. The van der Waals surface area contributed by atoms with Gasteiger partial charge >= 0.3 is 0 Å². The second kappa shape index (κ2) is 7.41. The van der Waals surface area contributed by atoms with Gasteiger partial charge in [0, 0.05) is 31.9 Å². The van der Waals surface area contributed by atoms with E-state index in [9.17, 15) is 0 Å². The smallest absolute Gasteiger partial charge is 0.0522 e. The van der Waals surface area contributed by atoms with Gasteiger partial charge in [0.05, 0.1) is 5.69 Å². The highest BCUT2D eigenvalue weighted by atomic mass is 16.3. The highest BCUT2D eigenvalue weighted by Crippen LogP contribution is 2.03. The van der Waals surface area contributed by atoms with E-state index in [4.69, 9.17) is 5.11 Å². The summed E-state index contributed by atoms with van der Waals surface area (Å²) in [5, 5.41) is 16.6. The third-order valence-electron chi connectivity index (χ3n) is 2.78. The third-order valence-corrected chi connectivity index (χ3v) is 2.78. The van der Waals surface area contributed by atoms with E-state index < -0.39 is 0 Å². The number of aliphatic hydroxyl groups is 1. The minimum atomic E-state index is 0.250. The van der Waals surface area contributed by atoms with E-state index in [1.807, 2.05) is 16.9 Å². The van der Waals surface area contributed by atoms with Gasteiger partial charge in [-0.05, 0) is 25.3 Å². The summed E-state index contributed by atoms with van der Waals surface area (Å²) in [5.41, 5.74) is 1.22. The number of hydrogen-bond acceptors (Lipinski definition) is 3. The lowest BCUT2D eigenvalue weighted by molar-refractivity contribution is 0.261. The lowest BCUT2D eigenvalue weighted by Crippen LogP contribution is -2.29. The Hall–Kier alpha value is -0.870. The van der Waals surface area contributed by atoms with E-state index in [0.717, 1.165) is 32.4 Å². The Labute approximate surface area is 97.7 Å². The van der Waals surface area contributed by atoms with Crippen LogP contribution < -0.4 is 5.32 Å². The summed E-state index contributed by atoms with van der Waals surface area (Å²) in [6.07, 6.45) is 4.81. The van der Waals surface area contributed by atoms with E-state index >= 15 is 0 Å². The Morgan fingerprint density at radius 2 is 2.31 bits per heavy atom. The molecule has 0 saturated heterocycles. The maximum absolute atomic E-state index is 8.91. The van der Waals surface area contributed by atoms with Gasteiger partial charge in [-0.25, -0.2) is 0 Å². The van der Waals surface area contributed by atoms with E-state index in [0.29, 0.717) is 6.04 Å². The number of hydrogen-bond donors (Lipinski definition) is 2. The zero-order chi connectivity index (χ0) is 11.8. The van der Waals surface area contributed by atoms with Crippen LogP contribution in [0.4, 0.5) is 0 Å². The molecule has 0 radical (unpaired) electrons. The van der Waals surface area contributed by atoms with Gasteiger partial charge in [-0.1, -0.05) is 13.8 Å². The largest absolute Gasteiger partial charge is 0.396 e. The average molecular weight is 225 g/mol. The Kier molecular flexibility index (Phi) is 6.11. The standard InChI is InChI=1S/C12H23N3O/c1-3-8-15-12(5-7-14-15)10-13-11(4-2)6-9-16/h5,7,11,13,16H,3-4,6,8-10H2,1-2H3. The molecule has 1 atom stereocenters. The van der Waals surface area contributed by atoms with Gasteiger partial charge in [0.2, 0.25) is 0 Å². The van der Waals surface area contributed by atoms with Crippen LogP contribution in [0.1, 0.15) is 38.8 Å². The number of aryl methyl sites for hydroxylation is 1. The lowest BCUT2D eigenvalue weighted by Gasteiger charge is -2.16. The lowest BCUT2D eigenvalue weighted by atomic mass is 10.1. The molecule has 1 rings (SSSR count). The van der Waals surface area contributed by atoms with Crippen molar-refractivity contribution in [2.24, 2.45) is 0 Å². The van der Waals surface area contributed by atoms with Crippen LogP contribution in [0.25, 0.3) is 0 Å². The molecule has 0 fully saturated rings. The first-order valence-corrected chi connectivity index (χ1v) is 6.16. The highest BCUT2D eigenvalue weighted by molar-refractivity contribution is 5.00. The summed E-state index contributed by atoms with van der Waals surface area (Å²) < 4.78 is 2.04. The van der Waals surface area contributed by atoms with Crippen molar-refractivity contribution in [3.63, 3.8) is 0 Å². The van der Waals surface area contributed by atoms with Crippen LogP contribution in [0.15, 0.2) is 12.3 Å². The van der Waals surface area contributed by atoms with Gasteiger partial charge in [-0.2, -0.15) is 5.10 Å². The summed E-state index contributed by atoms with van der Waals surface area (Å²) >= 11 is 0. The first-order valence-electron chi connectivity index (χ1n) is 6.16. The van der Waals surface area contributed by atoms with Crippen LogP contribution >= 0.6 is 0 Å². The molecule has 0 bridgehead atoms. The Morgan fingerprint density at radius 3 is 2.94 bits per heavy atom. The van der Waals surface area contributed by atoms with Crippen molar-refractivity contribution < 1.29 is 5.11 Å². The molecule has 16 heavy (non-hydrogen) atoms. The molecule has 1 aromatic rings. The number of aliphatic hydroxyl groups excluding tert-OH is 1. The number of rotatable bonds is 8. The number of aromatic nitrogens is 2. The van der Waals surface area contributed by atoms with Crippen LogP contribution in [-0.4, -0.2) is 27.5 Å². The maximum Gasteiger partial charge on any atom is 0.0522 e. The normalized spacial score (nSPS) is 12.9. The molecular formula is C12H23N3O. The molecule has 0 aliphatic rings. The van der Waals surface area contributed by atoms with E-state index in [2.05, 4.69) is 24.3 Å². The Morgan fingerprint density at radius 1 is 1.50 bits per heavy atom. The maximum atomic E-state index is 8.91. The van der Waals surface area contributed by atoms with Gasteiger partial charge in [0.1, 0.15) is 0 Å². The first-order chi connectivity index (χ1) is 7.81. The van der Waals surface area contributed by atoms with E-state index in [-0.39, 0.29) is 6.61 Å². The Bertz CT molecular complexity index is 286. The minimum absolute atomic E-state index is 0.250. The molecular weight excluding hydrogens is 202 g/mol. The molecule has 0 spiro atoms. The molecule has 92 valence electrons. The van der Waals surface area contributed by atoms with Crippen LogP contribution in [0, 0.1) is 0 Å². The highest BCUT2D eigenvalue weighted by Gasteiger charge is 2.06. The van der Waals surface area contributed by atoms with E-state index in [1.54, 1.807) is 0 Å². The number of nitrogens with one attached hydrogen (secondary N) is 1. The first kappa shape index (κ1) is 13.2. The molecule has 4 nitrogen and oxygen atoms in total. The van der Waals surface area contributed by atoms with Crippen molar-refractivity contribution in [2.45, 2.75) is 52.2 Å². The van der Waals surface area contributed by atoms with Crippen LogP contribution in [0.5, 0.6) is 0 Å². The van der Waals surface area contributed by atoms with E-state index in [1.165, 1.54) is 5.69 Å².